The van der Waals surface area contributed by atoms with Crippen LogP contribution in [0, 0.1) is 0 Å². The lowest BCUT2D eigenvalue weighted by atomic mass is 10.4. The summed E-state index contributed by atoms with van der Waals surface area (Å²) in [5.41, 5.74) is 0.643. The van der Waals surface area contributed by atoms with Crippen LogP contribution in [-0.4, -0.2) is 15.9 Å². The maximum Gasteiger partial charge on any atom is 0.0924 e. The molecule has 4 heteroatoms. The maximum atomic E-state index is 9.86. The fourth-order valence-corrected chi connectivity index (χ4v) is 0.516. The highest BCUT2D eigenvalue weighted by atomic mass is 16.4. The van der Waals surface area contributed by atoms with Crippen molar-refractivity contribution in [3.63, 3.8) is 0 Å². The van der Waals surface area contributed by atoms with Gasteiger partial charge in [-0.05, 0) is 12.2 Å². The Bertz CT molecular complexity index is 238. The van der Waals surface area contributed by atoms with Gasteiger partial charge in [0.15, 0.2) is 0 Å². The molecule has 0 aliphatic heterocycles. The van der Waals surface area contributed by atoms with Gasteiger partial charge in [0, 0.05) is 0 Å². The average molecular weight is 137 g/mol. The molecule has 10 heavy (non-hydrogen) atoms. The molecule has 1 heterocycles. The summed E-state index contributed by atoms with van der Waals surface area (Å²) in [6, 6.07) is 0. The molecule has 0 saturated heterocycles. The normalized spacial score (nSPS) is 10.4. The number of H-pyrrole nitrogens is 1. The largest absolute Gasteiger partial charge is 0.545 e. The summed E-state index contributed by atoms with van der Waals surface area (Å²) in [7, 11) is 0. The van der Waals surface area contributed by atoms with E-state index < -0.39 is 5.97 Å². The molecule has 0 aliphatic carbocycles. The Labute approximate surface area is 57.2 Å². The third-order valence-corrected chi connectivity index (χ3v) is 0.918. The van der Waals surface area contributed by atoms with Crippen molar-refractivity contribution in [3.8, 4) is 0 Å². The first-order valence-electron chi connectivity index (χ1n) is 2.66. The molecule has 0 amide bonds. The van der Waals surface area contributed by atoms with Gasteiger partial charge in [-0.1, -0.05) is 0 Å². The van der Waals surface area contributed by atoms with E-state index >= 15 is 0 Å². The lowest BCUT2D eigenvalue weighted by Gasteiger charge is -1.87. The van der Waals surface area contributed by atoms with Gasteiger partial charge in [-0.25, -0.2) is 4.98 Å². The number of hydrogen-bond acceptors (Lipinski definition) is 3. The van der Waals surface area contributed by atoms with Crippen LogP contribution < -0.4 is 5.11 Å². The molecular formula is C6H5N2O2-. The molecule has 0 spiro atoms. The number of carbonyl (C=O) groups is 1. The lowest BCUT2D eigenvalue weighted by Crippen LogP contribution is -2.18. The average Bonchev–Trinajstić information content (AvgIpc) is 2.34. The van der Waals surface area contributed by atoms with E-state index in [0.29, 0.717) is 5.69 Å². The van der Waals surface area contributed by atoms with Crippen LogP contribution in [0.3, 0.4) is 0 Å². The number of aromatic amines is 1. The van der Waals surface area contributed by atoms with Crippen LogP contribution in [0.25, 0.3) is 6.08 Å². The number of aliphatic carboxylic acids is 1. The van der Waals surface area contributed by atoms with E-state index in [1.807, 2.05) is 0 Å². The number of carboxylic acid groups (broad SMARTS) is 1. The first kappa shape index (κ1) is 6.54. The Morgan fingerprint density at radius 1 is 1.80 bits per heavy atom. The van der Waals surface area contributed by atoms with E-state index in [1.165, 1.54) is 18.6 Å². The number of aromatic nitrogens is 2. The van der Waals surface area contributed by atoms with Crippen LogP contribution in [0.5, 0.6) is 0 Å². The fraction of sp³-hybridized carbons (Fsp3) is 0. The molecule has 0 bridgehead atoms. The molecule has 52 valence electrons. The molecule has 1 N–H and O–H groups in total. The second kappa shape index (κ2) is 2.82. The SMILES string of the molecule is O=C([O-])/C=C/c1cnc[nH]1. The lowest BCUT2D eigenvalue weighted by molar-refractivity contribution is -0.297. The number of nitrogens with one attached hydrogen (secondary N) is 1. The summed E-state index contributed by atoms with van der Waals surface area (Å²) in [5, 5.41) is 9.86. The highest BCUT2D eigenvalue weighted by Crippen LogP contribution is 1.92. The van der Waals surface area contributed by atoms with Gasteiger partial charge in [0.25, 0.3) is 0 Å². The highest BCUT2D eigenvalue weighted by molar-refractivity contribution is 5.82. The quantitative estimate of drug-likeness (QED) is 0.541. The molecule has 0 aromatic carbocycles. The van der Waals surface area contributed by atoms with Gasteiger partial charge in [-0.2, -0.15) is 0 Å². The molecule has 0 radical (unpaired) electrons. The maximum absolute atomic E-state index is 9.86. The van der Waals surface area contributed by atoms with Gasteiger partial charge in [0.05, 0.1) is 24.2 Å². The first-order chi connectivity index (χ1) is 4.79. The summed E-state index contributed by atoms with van der Waals surface area (Å²) >= 11 is 0. The van der Waals surface area contributed by atoms with Crippen molar-refractivity contribution in [2.24, 2.45) is 0 Å². The molecule has 1 rings (SSSR count). The standard InChI is InChI=1S/C6H6N2O2/c9-6(10)2-1-5-3-7-4-8-5/h1-4H,(H,7,8)(H,9,10)/p-1/b2-1+. The van der Waals surface area contributed by atoms with Crippen LogP contribution in [0.2, 0.25) is 0 Å². The highest BCUT2D eigenvalue weighted by Gasteiger charge is 1.82. The number of imidazole rings is 1. The zero-order valence-corrected chi connectivity index (χ0v) is 5.07. The number of nitrogens with zero attached hydrogens (tertiary/aromatic N) is 1. The Hall–Kier alpha value is -1.58. The van der Waals surface area contributed by atoms with E-state index in [4.69, 9.17) is 0 Å². The van der Waals surface area contributed by atoms with E-state index in [2.05, 4.69) is 9.97 Å². The topological polar surface area (TPSA) is 68.8 Å². The minimum absolute atomic E-state index is 0.643. The number of hydrogen-bond donors (Lipinski definition) is 1. The van der Waals surface area contributed by atoms with Crippen molar-refractivity contribution in [3.05, 3.63) is 24.3 Å². The molecule has 4 nitrogen and oxygen atoms in total. The molecular weight excluding hydrogens is 132 g/mol. The fourth-order valence-electron chi connectivity index (χ4n) is 0.516. The van der Waals surface area contributed by atoms with Crippen LogP contribution >= 0.6 is 0 Å². The number of carboxylic acids is 1. The first-order valence-corrected chi connectivity index (χ1v) is 2.66. The van der Waals surface area contributed by atoms with Gasteiger partial charge >= 0.3 is 0 Å². The molecule has 0 saturated carbocycles. The molecule has 0 fully saturated rings. The smallest absolute Gasteiger partial charge is 0.0924 e. The predicted molar refractivity (Wildman–Crippen MR) is 32.6 cm³/mol. The van der Waals surface area contributed by atoms with Gasteiger partial charge in [-0.3, -0.25) is 0 Å². The zero-order chi connectivity index (χ0) is 7.40. The summed E-state index contributed by atoms with van der Waals surface area (Å²) < 4.78 is 0. The van der Waals surface area contributed by atoms with Crippen LogP contribution in [-0.2, 0) is 4.79 Å². The third kappa shape index (κ3) is 1.74. The molecule has 0 unspecified atom stereocenters. The number of carbonyl (C=O) groups excluding carboxylic acids is 1. The monoisotopic (exact) mass is 137 g/mol. The van der Waals surface area contributed by atoms with Crippen LogP contribution in [0.15, 0.2) is 18.6 Å². The van der Waals surface area contributed by atoms with Gasteiger partial charge < -0.3 is 14.9 Å². The van der Waals surface area contributed by atoms with Crippen LogP contribution in [0.4, 0.5) is 0 Å². The van der Waals surface area contributed by atoms with Crippen molar-refractivity contribution in [1.82, 2.24) is 9.97 Å². The molecule has 1 aromatic rings. The predicted octanol–water partition coefficient (Wildman–Crippen LogP) is -0.827. The van der Waals surface area contributed by atoms with Crippen molar-refractivity contribution in [2.75, 3.05) is 0 Å². The second-order valence-corrected chi connectivity index (χ2v) is 1.66. The van der Waals surface area contributed by atoms with Crippen molar-refractivity contribution < 1.29 is 9.90 Å². The zero-order valence-electron chi connectivity index (χ0n) is 5.07. The Balaban J connectivity index is 2.64. The van der Waals surface area contributed by atoms with E-state index in [9.17, 15) is 9.90 Å². The van der Waals surface area contributed by atoms with E-state index in [-0.39, 0.29) is 0 Å². The van der Waals surface area contributed by atoms with Crippen LogP contribution in [0.1, 0.15) is 5.69 Å². The summed E-state index contributed by atoms with van der Waals surface area (Å²) in [5.74, 6) is -1.21. The van der Waals surface area contributed by atoms with Crippen molar-refractivity contribution >= 4 is 12.0 Å². The Kier molecular flexibility index (Phi) is 1.84. The summed E-state index contributed by atoms with van der Waals surface area (Å²) in [6.45, 7) is 0. The van der Waals surface area contributed by atoms with Gasteiger partial charge in [-0.15, -0.1) is 0 Å². The van der Waals surface area contributed by atoms with Crippen molar-refractivity contribution in [1.29, 1.82) is 0 Å². The molecule has 1 aromatic heterocycles. The van der Waals surface area contributed by atoms with Crippen molar-refractivity contribution in [2.45, 2.75) is 0 Å². The minimum atomic E-state index is -1.21. The third-order valence-electron chi connectivity index (χ3n) is 0.918. The Morgan fingerprint density at radius 2 is 2.60 bits per heavy atom. The van der Waals surface area contributed by atoms with E-state index in [0.717, 1.165) is 6.08 Å². The van der Waals surface area contributed by atoms with Gasteiger partial charge in [0.1, 0.15) is 0 Å². The van der Waals surface area contributed by atoms with Gasteiger partial charge in [0.2, 0.25) is 0 Å². The molecule has 0 aliphatic rings. The summed E-state index contributed by atoms with van der Waals surface area (Å²) in [4.78, 5) is 16.2. The van der Waals surface area contributed by atoms with E-state index in [1.54, 1.807) is 0 Å². The second-order valence-electron chi connectivity index (χ2n) is 1.66. The minimum Gasteiger partial charge on any atom is -0.545 e. The number of rotatable bonds is 2. The molecule has 0 atom stereocenters. The Morgan fingerprint density at radius 3 is 3.10 bits per heavy atom. The summed E-state index contributed by atoms with van der Waals surface area (Å²) in [6.07, 6.45) is 5.30.